The lowest BCUT2D eigenvalue weighted by Gasteiger charge is -1.90. The quantitative estimate of drug-likeness (QED) is 0.651. The van der Waals surface area contributed by atoms with Crippen molar-refractivity contribution < 1.29 is 13.7 Å². The Morgan fingerprint density at radius 3 is 3.08 bits per heavy atom. The molecule has 0 saturated heterocycles. The Balaban J connectivity index is 2.73. The number of ether oxygens (including phenoxy) is 1. The van der Waals surface area contributed by atoms with Gasteiger partial charge in [-0.1, -0.05) is 0 Å². The molecule has 0 spiro atoms. The monoisotopic (exact) mass is 167 g/mol. The van der Waals surface area contributed by atoms with Crippen LogP contribution in [0, 0.1) is 5.82 Å². The zero-order valence-corrected chi connectivity index (χ0v) is 6.37. The molecule has 0 N–H and O–H groups in total. The molecule has 0 bridgehead atoms. The van der Waals surface area contributed by atoms with Gasteiger partial charge < -0.3 is 9.26 Å². The van der Waals surface area contributed by atoms with Crippen molar-refractivity contribution in [2.45, 2.75) is 0 Å². The number of fused-ring (bicyclic) bond motifs is 1. The highest BCUT2D eigenvalue weighted by atomic mass is 19.1. The van der Waals surface area contributed by atoms with Crippen molar-refractivity contribution in [3.63, 3.8) is 0 Å². The molecule has 1 heterocycles. The van der Waals surface area contributed by atoms with Crippen molar-refractivity contribution in [1.82, 2.24) is 5.16 Å². The van der Waals surface area contributed by atoms with Gasteiger partial charge in [-0.05, 0) is 17.3 Å². The second kappa shape index (κ2) is 2.48. The van der Waals surface area contributed by atoms with Gasteiger partial charge in [0.25, 0.3) is 5.88 Å². The molecule has 0 aliphatic rings. The minimum absolute atomic E-state index is 0.346. The van der Waals surface area contributed by atoms with Crippen LogP contribution in [0.3, 0.4) is 0 Å². The van der Waals surface area contributed by atoms with Crippen LogP contribution in [0.4, 0.5) is 4.39 Å². The van der Waals surface area contributed by atoms with Crippen LogP contribution in [0.1, 0.15) is 0 Å². The maximum Gasteiger partial charge on any atom is 0.261 e. The molecule has 0 amide bonds. The first-order valence-corrected chi connectivity index (χ1v) is 3.40. The average molecular weight is 167 g/mol. The molecule has 4 heteroatoms. The van der Waals surface area contributed by atoms with Gasteiger partial charge in [-0.3, -0.25) is 0 Å². The van der Waals surface area contributed by atoms with Crippen LogP contribution in [0.25, 0.3) is 11.0 Å². The second-order valence-electron chi connectivity index (χ2n) is 2.33. The van der Waals surface area contributed by atoms with Gasteiger partial charge >= 0.3 is 0 Å². The van der Waals surface area contributed by atoms with E-state index >= 15 is 0 Å². The van der Waals surface area contributed by atoms with Crippen LogP contribution in [0.2, 0.25) is 0 Å². The van der Waals surface area contributed by atoms with E-state index in [-0.39, 0.29) is 5.82 Å². The summed E-state index contributed by atoms with van der Waals surface area (Å²) in [5.74, 6) is 0.0336. The number of halogens is 1. The highest BCUT2D eigenvalue weighted by Crippen LogP contribution is 2.24. The normalized spacial score (nSPS) is 10.5. The van der Waals surface area contributed by atoms with E-state index in [4.69, 9.17) is 9.26 Å². The summed E-state index contributed by atoms with van der Waals surface area (Å²) in [6.07, 6.45) is 0. The predicted molar refractivity (Wildman–Crippen MR) is 40.5 cm³/mol. The Morgan fingerprint density at radius 2 is 2.33 bits per heavy atom. The number of hydrogen-bond donors (Lipinski definition) is 0. The number of aromatic nitrogens is 1. The van der Waals surface area contributed by atoms with Gasteiger partial charge in [0.1, 0.15) is 5.82 Å². The van der Waals surface area contributed by atoms with Crippen LogP contribution < -0.4 is 4.74 Å². The molecule has 1 aromatic carbocycles. The maximum atomic E-state index is 12.6. The molecule has 0 saturated carbocycles. The molecule has 2 aromatic rings. The SMILES string of the molecule is COc1noc2cc(F)ccc12. The Kier molecular flexibility index (Phi) is 1.46. The lowest BCUT2D eigenvalue weighted by molar-refractivity contribution is 0.350. The molecule has 1 aromatic heterocycles. The first-order valence-electron chi connectivity index (χ1n) is 3.40. The summed E-state index contributed by atoms with van der Waals surface area (Å²) in [6, 6.07) is 4.17. The highest BCUT2D eigenvalue weighted by Gasteiger charge is 2.07. The predicted octanol–water partition coefficient (Wildman–Crippen LogP) is 1.98. The van der Waals surface area contributed by atoms with Gasteiger partial charge in [-0.2, -0.15) is 0 Å². The number of benzene rings is 1. The first kappa shape index (κ1) is 7.09. The van der Waals surface area contributed by atoms with Crippen LogP contribution in [0.15, 0.2) is 22.7 Å². The number of rotatable bonds is 1. The fourth-order valence-electron chi connectivity index (χ4n) is 1.04. The van der Waals surface area contributed by atoms with Gasteiger partial charge in [0.15, 0.2) is 5.58 Å². The van der Waals surface area contributed by atoms with E-state index in [0.29, 0.717) is 16.8 Å². The Bertz CT molecular complexity index is 410. The van der Waals surface area contributed by atoms with Crippen molar-refractivity contribution >= 4 is 11.0 Å². The number of methoxy groups -OCH3 is 1. The van der Waals surface area contributed by atoms with E-state index in [2.05, 4.69) is 5.16 Å². The van der Waals surface area contributed by atoms with Crippen LogP contribution >= 0.6 is 0 Å². The highest BCUT2D eigenvalue weighted by molar-refractivity contribution is 5.81. The third-order valence-corrected chi connectivity index (χ3v) is 1.59. The van der Waals surface area contributed by atoms with Gasteiger partial charge in [0.2, 0.25) is 0 Å². The summed E-state index contributed by atoms with van der Waals surface area (Å²) in [7, 11) is 1.49. The van der Waals surface area contributed by atoms with E-state index in [9.17, 15) is 4.39 Å². The molecule has 62 valence electrons. The van der Waals surface area contributed by atoms with Crippen LogP contribution in [0.5, 0.6) is 5.88 Å². The summed E-state index contributed by atoms with van der Waals surface area (Å²) in [5.41, 5.74) is 0.395. The standard InChI is InChI=1S/C8H6FNO2/c1-11-8-6-3-2-5(9)4-7(6)12-10-8/h2-4H,1H3. The summed E-state index contributed by atoms with van der Waals surface area (Å²) in [4.78, 5) is 0. The van der Waals surface area contributed by atoms with E-state index < -0.39 is 0 Å². The van der Waals surface area contributed by atoms with E-state index in [1.165, 1.54) is 19.2 Å². The smallest absolute Gasteiger partial charge is 0.261 e. The minimum Gasteiger partial charge on any atom is -0.478 e. The molecule has 0 unspecified atom stereocenters. The summed E-state index contributed by atoms with van der Waals surface area (Å²) >= 11 is 0. The maximum absolute atomic E-state index is 12.6. The minimum atomic E-state index is -0.346. The number of nitrogens with zero attached hydrogens (tertiary/aromatic N) is 1. The van der Waals surface area contributed by atoms with Crippen molar-refractivity contribution in [2.75, 3.05) is 7.11 Å². The van der Waals surface area contributed by atoms with Gasteiger partial charge in [-0.15, -0.1) is 0 Å². The van der Waals surface area contributed by atoms with Crippen molar-refractivity contribution in [1.29, 1.82) is 0 Å². The molecular formula is C8H6FNO2. The topological polar surface area (TPSA) is 35.3 Å². The zero-order valence-electron chi connectivity index (χ0n) is 6.37. The van der Waals surface area contributed by atoms with Crippen molar-refractivity contribution in [3.8, 4) is 5.88 Å². The van der Waals surface area contributed by atoms with Crippen molar-refractivity contribution in [3.05, 3.63) is 24.0 Å². The van der Waals surface area contributed by atoms with E-state index in [1.807, 2.05) is 0 Å². The fraction of sp³-hybridized carbons (Fsp3) is 0.125. The Labute approximate surface area is 67.7 Å². The largest absolute Gasteiger partial charge is 0.478 e. The molecule has 12 heavy (non-hydrogen) atoms. The lowest BCUT2D eigenvalue weighted by atomic mass is 10.2. The van der Waals surface area contributed by atoms with E-state index in [0.717, 1.165) is 0 Å². The summed E-state index contributed by atoms with van der Waals surface area (Å²) < 4.78 is 22.3. The van der Waals surface area contributed by atoms with Crippen LogP contribution in [-0.4, -0.2) is 12.3 Å². The first-order chi connectivity index (χ1) is 5.81. The molecule has 0 aliphatic heterocycles. The zero-order chi connectivity index (χ0) is 8.55. The average Bonchev–Trinajstić information content (AvgIpc) is 2.46. The lowest BCUT2D eigenvalue weighted by Crippen LogP contribution is -1.81. The van der Waals surface area contributed by atoms with Gasteiger partial charge in [0, 0.05) is 6.07 Å². The molecule has 2 rings (SSSR count). The summed E-state index contributed by atoms with van der Waals surface area (Å²) in [6.45, 7) is 0. The number of hydrogen-bond acceptors (Lipinski definition) is 3. The van der Waals surface area contributed by atoms with Gasteiger partial charge in [0.05, 0.1) is 12.5 Å². The molecular weight excluding hydrogens is 161 g/mol. The summed E-state index contributed by atoms with van der Waals surface area (Å²) in [5, 5.41) is 4.27. The van der Waals surface area contributed by atoms with Gasteiger partial charge in [-0.25, -0.2) is 4.39 Å². The Morgan fingerprint density at radius 1 is 1.50 bits per heavy atom. The third-order valence-electron chi connectivity index (χ3n) is 1.59. The molecule has 0 atom stereocenters. The van der Waals surface area contributed by atoms with E-state index in [1.54, 1.807) is 6.07 Å². The fourth-order valence-corrected chi connectivity index (χ4v) is 1.04. The second-order valence-corrected chi connectivity index (χ2v) is 2.33. The van der Waals surface area contributed by atoms with Crippen LogP contribution in [-0.2, 0) is 0 Å². The Hall–Kier alpha value is -1.58. The molecule has 3 nitrogen and oxygen atoms in total. The molecule has 0 radical (unpaired) electrons. The third kappa shape index (κ3) is 0.922. The molecule has 0 aliphatic carbocycles. The van der Waals surface area contributed by atoms with Crippen molar-refractivity contribution in [2.24, 2.45) is 0 Å². The molecule has 0 fully saturated rings.